The maximum atomic E-state index is 13.5. The minimum Gasteiger partial charge on any atom is -0.461 e. The van der Waals surface area contributed by atoms with Crippen molar-refractivity contribution in [3.63, 3.8) is 0 Å². The zero-order valence-electron chi connectivity index (χ0n) is 16.8. The third kappa shape index (κ3) is 4.13. The van der Waals surface area contributed by atoms with Gasteiger partial charge >= 0.3 is 5.97 Å². The van der Waals surface area contributed by atoms with Gasteiger partial charge in [0.1, 0.15) is 11.5 Å². The zero-order chi connectivity index (χ0) is 21.0. The van der Waals surface area contributed by atoms with Crippen LogP contribution in [0, 0.1) is 19.7 Å². The van der Waals surface area contributed by atoms with Crippen molar-refractivity contribution in [2.45, 2.75) is 40.7 Å². The molecule has 0 aliphatic rings. The number of rotatable bonds is 7. The number of ether oxygens (including phenoxy) is 1. The molecule has 0 spiro atoms. The van der Waals surface area contributed by atoms with Gasteiger partial charge in [-0.3, -0.25) is 9.59 Å². The minimum atomic E-state index is -0.788. The first kappa shape index (κ1) is 21.3. The second-order valence-corrected chi connectivity index (χ2v) is 6.49. The van der Waals surface area contributed by atoms with Crippen LogP contribution in [-0.2, 0) is 4.74 Å². The third-order valence-electron chi connectivity index (χ3n) is 4.68. The highest BCUT2D eigenvalue weighted by Gasteiger charge is 2.31. The number of amides is 1. The van der Waals surface area contributed by atoms with E-state index in [1.807, 2.05) is 0 Å². The molecule has 0 aliphatic carbocycles. The standard InChI is InChI=1S/C21H25FN2O4/c1-6-24(20(26)15-9-8-10-16(22)11-15)14(5)19(25)17-12(3)18(23-13(17)4)21(27)28-7-2/h8-11,14,23H,6-7H2,1-5H3/t14-/m0/s1. The molecular formula is C21H25FN2O4. The number of nitrogens with one attached hydrogen (secondary N) is 1. The lowest BCUT2D eigenvalue weighted by Crippen LogP contribution is -2.43. The molecule has 6 nitrogen and oxygen atoms in total. The fourth-order valence-corrected chi connectivity index (χ4v) is 3.26. The molecule has 2 rings (SSSR count). The summed E-state index contributed by atoms with van der Waals surface area (Å²) in [5, 5.41) is 0. The quantitative estimate of drug-likeness (QED) is 0.580. The molecule has 1 atom stereocenters. The van der Waals surface area contributed by atoms with Gasteiger partial charge in [0, 0.05) is 23.4 Å². The van der Waals surface area contributed by atoms with E-state index in [4.69, 9.17) is 4.74 Å². The SMILES string of the molecule is CCOC(=O)c1[nH]c(C)c(C(=O)[C@H](C)N(CC)C(=O)c2cccc(F)c2)c1C. The molecule has 0 radical (unpaired) electrons. The molecule has 7 heteroatoms. The van der Waals surface area contributed by atoms with Crippen LogP contribution in [0.3, 0.4) is 0 Å². The lowest BCUT2D eigenvalue weighted by molar-refractivity contribution is 0.0519. The van der Waals surface area contributed by atoms with Gasteiger partial charge in [-0.1, -0.05) is 6.07 Å². The van der Waals surface area contributed by atoms with Crippen LogP contribution in [0.2, 0.25) is 0 Å². The molecule has 28 heavy (non-hydrogen) atoms. The number of likely N-dealkylation sites (N-methyl/N-ethyl adjacent to an activating group) is 1. The maximum Gasteiger partial charge on any atom is 0.355 e. The number of benzene rings is 1. The first-order valence-electron chi connectivity index (χ1n) is 9.19. The number of aryl methyl sites for hydroxylation is 1. The van der Waals surface area contributed by atoms with Crippen LogP contribution >= 0.6 is 0 Å². The second kappa shape index (κ2) is 8.82. The van der Waals surface area contributed by atoms with Crippen molar-refractivity contribution in [1.82, 2.24) is 9.88 Å². The van der Waals surface area contributed by atoms with Crippen LogP contribution in [0.4, 0.5) is 4.39 Å². The van der Waals surface area contributed by atoms with Gasteiger partial charge in [-0.05, 0) is 58.4 Å². The predicted molar refractivity (Wildman–Crippen MR) is 103 cm³/mol. The van der Waals surface area contributed by atoms with Crippen LogP contribution in [0.1, 0.15) is 63.2 Å². The summed E-state index contributed by atoms with van der Waals surface area (Å²) in [7, 11) is 0. The van der Waals surface area contributed by atoms with E-state index in [9.17, 15) is 18.8 Å². The number of nitrogens with zero attached hydrogens (tertiary/aromatic N) is 1. The van der Waals surface area contributed by atoms with E-state index in [2.05, 4.69) is 4.98 Å². The molecule has 0 bridgehead atoms. The smallest absolute Gasteiger partial charge is 0.355 e. The maximum absolute atomic E-state index is 13.5. The fourth-order valence-electron chi connectivity index (χ4n) is 3.26. The highest BCUT2D eigenvalue weighted by atomic mass is 19.1. The Balaban J connectivity index is 2.34. The van der Waals surface area contributed by atoms with Gasteiger partial charge in [0.2, 0.25) is 0 Å². The van der Waals surface area contributed by atoms with Crippen molar-refractivity contribution in [2.24, 2.45) is 0 Å². The van der Waals surface area contributed by atoms with E-state index in [0.29, 0.717) is 16.8 Å². The normalized spacial score (nSPS) is 11.8. The summed E-state index contributed by atoms with van der Waals surface area (Å²) in [6.07, 6.45) is 0. The van der Waals surface area contributed by atoms with Gasteiger partial charge in [0.25, 0.3) is 5.91 Å². The van der Waals surface area contributed by atoms with Crippen molar-refractivity contribution >= 4 is 17.7 Å². The molecule has 1 N–H and O–H groups in total. The van der Waals surface area contributed by atoms with Crippen molar-refractivity contribution in [2.75, 3.05) is 13.2 Å². The molecule has 1 aromatic carbocycles. The average Bonchev–Trinajstić information content (AvgIpc) is 2.96. The fraction of sp³-hybridized carbons (Fsp3) is 0.381. The van der Waals surface area contributed by atoms with Crippen LogP contribution < -0.4 is 0 Å². The van der Waals surface area contributed by atoms with Crippen LogP contribution in [0.15, 0.2) is 24.3 Å². The number of Topliss-reactive ketones (excluding diaryl/α,β-unsaturated/α-hetero) is 1. The number of ketones is 1. The average molecular weight is 388 g/mol. The Hall–Kier alpha value is -2.96. The molecule has 2 aromatic rings. The van der Waals surface area contributed by atoms with Crippen LogP contribution in [0.5, 0.6) is 0 Å². The summed E-state index contributed by atoms with van der Waals surface area (Å²) in [6, 6.07) is 4.58. The topological polar surface area (TPSA) is 79.5 Å². The number of hydrogen-bond donors (Lipinski definition) is 1. The van der Waals surface area contributed by atoms with Crippen molar-refractivity contribution in [3.8, 4) is 0 Å². The van der Waals surface area contributed by atoms with Gasteiger partial charge in [0.05, 0.1) is 12.6 Å². The summed E-state index contributed by atoms with van der Waals surface area (Å²) >= 11 is 0. The Kier molecular flexibility index (Phi) is 6.72. The molecule has 1 aromatic heterocycles. The number of aromatic nitrogens is 1. The number of carbonyl (C=O) groups is 3. The Morgan fingerprint density at radius 2 is 1.89 bits per heavy atom. The molecule has 0 saturated heterocycles. The number of aromatic amines is 1. The lowest BCUT2D eigenvalue weighted by Gasteiger charge is -2.27. The number of H-pyrrole nitrogens is 1. The Bertz CT molecular complexity index is 904. The molecule has 0 aliphatic heterocycles. The summed E-state index contributed by atoms with van der Waals surface area (Å²) in [6.45, 7) is 8.94. The van der Waals surface area contributed by atoms with Crippen LogP contribution in [0.25, 0.3) is 0 Å². The summed E-state index contributed by atoms with van der Waals surface area (Å²) in [5.41, 5.74) is 1.79. The number of hydrogen-bond acceptors (Lipinski definition) is 4. The first-order valence-corrected chi connectivity index (χ1v) is 9.19. The van der Waals surface area contributed by atoms with Crippen molar-refractivity contribution in [1.29, 1.82) is 0 Å². The van der Waals surface area contributed by atoms with E-state index in [1.54, 1.807) is 34.6 Å². The largest absolute Gasteiger partial charge is 0.461 e. The highest BCUT2D eigenvalue weighted by molar-refractivity contribution is 6.07. The number of halogens is 1. The Morgan fingerprint density at radius 1 is 1.21 bits per heavy atom. The summed E-state index contributed by atoms with van der Waals surface area (Å²) in [5.74, 6) is -1.78. The van der Waals surface area contributed by atoms with Gasteiger partial charge in [0.15, 0.2) is 5.78 Å². The van der Waals surface area contributed by atoms with E-state index in [-0.39, 0.29) is 30.2 Å². The Morgan fingerprint density at radius 3 is 2.46 bits per heavy atom. The second-order valence-electron chi connectivity index (χ2n) is 6.49. The monoisotopic (exact) mass is 388 g/mol. The minimum absolute atomic E-state index is 0.177. The molecule has 0 unspecified atom stereocenters. The zero-order valence-corrected chi connectivity index (χ0v) is 16.8. The Labute approximate surface area is 163 Å². The van der Waals surface area contributed by atoms with E-state index in [0.717, 1.165) is 6.07 Å². The van der Waals surface area contributed by atoms with Gasteiger partial charge in [-0.2, -0.15) is 0 Å². The molecule has 150 valence electrons. The van der Waals surface area contributed by atoms with E-state index in [1.165, 1.54) is 23.1 Å². The number of esters is 1. The summed E-state index contributed by atoms with van der Waals surface area (Å²) in [4.78, 5) is 42.3. The van der Waals surface area contributed by atoms with Crippen LogP contribution in [-0.4, -0.2) is 46.7 Å². The van der Waals surface area contributed by atoms with E-state index >= 15 is 0 Å². The van der Waals surface area contributed by atoms with E-state index < -0.39 is 23.7 Å². The van der Waals surface area contributed by atoms with Crippen molar-refractivity contribution in [3.05, 3.63) is 58.2 Å². The summed E-state index contributed by atoms with van der Waals surface area (Å²) < 4.78 is 18.5. The molecule has 1 amide bonds. The van der Waals surface area contributed by atoms with Gasteiger partial charge < -0.3 is 14.6 Å². The molecular weight excluding hydrogens is 363 g/mol. The molecule has 1 heterocycles. The lowest BCUT2D eigenvalue weighted by atomic mass is 9.99. The molecule has 0 saturated carbocycles. The van der Waals surface area contributed by atoms with Gasteiger partial charge in [-0.25, -0.2) is 9.18 Å². The third-order valence-corrected chi connectivity index (χ3v) is 4.68. The highest BCUT2D eigenvalue weighted by Crippen LogP contribution is 2.23. The predicted octanol–water partition coefficient (Wildman–Crippen LogP) is 3.68. The molecule has 0 fully saturated rings. The van der Waals surface area contributed by atoms with Gasteiger partial charge in [-0.15, -0.1) is 0 Å². The number of carbonyl (C=O) groups excluding carboxylic acids is 3. The van der Waals surface area contributed by atoms with Crippen molar-refractivity contribution < 1.29 is 23.5 Å². The first-order chi connectivity index (χ1) is 13.2.